The molecule has 5 atom stereocenters. The summed E-state index contributed by atoms with van der Waals surface area (Å²) in [6.45, 7) is 3.61. The molecule has 0 spiro atoms. The van der Waals surface area contributed by atoms with Crippen molar-refractivity contribution in [3.05, 3.63) is 83.9 Å². The van der Waals surface area contributed by atoms with E-state index in [1.807, 2.05) is 0 Å². The third-order valence-corrected chi connectivity index (χ3v) is 5.53. The molecule has 6 heteroatoms. The van der Waals surface area contributed by atoms with E-state index in [1.54, 1.807) is 60.7 Å². The summed E-state index contributed by atoms with van der Waals surface area (Å²) in [6, 6.07) is 16.6. The van der Waals surface area contributed by atoms with Gasteiger partial charge in [0.05, 0.1) is 17.7 Å². The average molecular weight is 382 g/mol. The Hall–Kier alpha value is -2.99. The Balaban J connectivity index is 1.51. The lowest BCUT2D eigenvalue weighted by Crippen LogP contribution is -2.38. The van der Waals surface area contributed by atoms with Crippen LogP contribution in [0, 0.1) is 11.8 Å². The zero-order valence-corrected chi connectivity index (χ0v) is 15.0. The van der Waals surface area contributed by atoms with Crippen molar-refractivity contribution in [2.75, 3.05) is 6.61 Å². The Bertz CT molecular complexity index is 913. The minimum absolute atomic E-state index is 0.132. The number of carbonyl (C=O) groups is 2. The molecule has 0 bridgehead atoms. The van der Waals surface area contributed by atoms with Crippen LogP contribution in [0.2, 0.25) is 0 Å². The van der Waals surface area contributed by atoms with Crippen LogP contribution in [0.15, 0.2) is 72.8 Å². The summed E-state index contributed by atoms with van der Waals surface area (Å²) in [7, 11) is 0. The van der Waals surface area contributed by atoms with Gasteiger partial charge in [-0.2, -0.15) is 0 Å². The fourth-order valence-corrected chi connectivity index (χ4v) is 4.04. The van der Waals surface area contributed by atoms with E-state index in [2.05, 4.69) is 6.58 Å². The van der Waals surface area contributed by atoms with Gasteiger partial charge in [-0.1, -0.05) is 43.0 Å². The molecule has 0 aliphatic heterocycles. The number of esters is 2. The van der Waals surface area contributed by atoms with Gasteiger partial charge in [0.15, 0.2) is 11.8 Å². The highest BCUT2D eigenvalue weighted by atomic mass is 19.1. The van der Waals surface area contributed by atoms with Crippen LogP contribution >= 0.6 is 0 Å². The second-order valence-corrected chi connectivity index (χ2v) is 7.08. The second kappa shape index (κ2) is 6.87. The van der Waals surface area contributed by atoms with E-state index >= 15 is 0 Å². The average Bonchev–Trinajstić information content (AvgIpc) is 3.33. The van der Waals surface area contributed by atoms with Gasteiger partial charge in [-0.3, -0.25) is 0 Å². The Morgan fingerprint density at radius 3 is 2.11 bits per heavy atom. The molecule has 2 saturated carbocycles. The fourth-order valence-electron chi connectivity index (χ4n) is 4.04. The van der Waals surface area contributed by atoms with Crippen molar-refractivity contribution in [1.29, 1.82) is 0 Å². The van der Waals surface area contributed by atoms with Crippen LogP contribution in [0.25, 0.3) is 0 Å². The molecule has 0 saturated heterocycles. The van der Waals surface area contributed by atoms with Crippen molar-refractivity contribution in [3.8, 4) is 0 Å². The van der Waals surface area contributed by atoms with E-state index in [0.29, 0.717) is 5.56 Å². The van der Waals surface area contributed by atoms with Crippen molar-refractivity contribution < 1.29 is 28.6 Å². The summed E-state index contributed by atoms with van der Waals surface area (Å²) in [4.78, 5) is 24.7. The standard InChI is InChI=1S/C22H19FO5/c1-13-17-16(12-27-20(25)14-8-4-2-5-9-14)22(17,19(23)18(13)24)28-21(26)15-10-6-3-7-11-15/h2-11,16-19,24H,1,12H2/t16-,17+,18?,19?,22?/m0/s1. The van der Waals surface area contributed by atoms with E-state index in [9.17, 15) is 19.1 Å². The van der Waals surface area contributed by atoms with Gasteiger partial charge in [0.1, 0.15) is 6.10 Å². The summed E-state index contributed by atoms with van der Waals surface area (Å²) in [6.07, 6.45) is -3.23. The monoisotopic (exact) mass is 382 g/mol. The topological polar surface area (TPSA) is 72.8 Å². The molecule has 2 aromatic carbocycles. The van der Waals surface area contributed by atoms with Crippen LogP contribution in [0.3, 0.4) is 0 Å². The van der Waals surface area contributed by atoms with E-state index in [0.717, 1.165) is 0 Å². The van der Waals surface area contributed by atoms with E-state index in [4.69, 9.17) is 9.47 Å². The molecule has 0 radical (unpaired) electrons. The first kappa shape index (κ1) is 18.4. The first-order valence-corrected chi connectivity index (χ1v) is 8.98. The minimum atomic E-state index is -1.82. The highest BCUT2D eigenvalue weighted by Gasteiger charge is 2.80. The van der Waals surface area contributed by atoms with Gasteiger partial charge >= 0.3 is 11.9 Å². The second-order valence-electron chi connectivity index (χ2n) is 7.08. The maximum absolute atomic E-state index is 14.9. The zero-order chi connectivity index (χ0) is 19.9. The summed E-state index contributed by atoms with van der Waals surface area (Å²) in [5, 5.41) is 10.0. The Morgan fingerprint density at radius 1 is 1.00 bits per heavy atom. The third kappa shape index (κ3) is 2.81. The number of rotatable bonds is 5. The number of benzene rings is 2. The molecule has 2 aromatic rings. The molecule has 2 aliphatic carbocycles. The largest absolute Gasteiger partial charge is 0.462 e. The predicted octanol–water partition coefficient (Wildman–Crippen LogP) is 2.95. The lowest BCUT2D eigenvalue weighted by molar-refractivity contribution is -0.0384. The van der Waals surface area contributed by atoms with Crippen LogP contribution in [0.5, 0.6) is 0 Å². The lowest BCUT2D eigenvalue weighted by atomic mass is 10.0. The van der Waals surface area contributed by atoms with E-state index in [-0.39, 0.29) is 17.7 Å². The maximum atomic E-state index is 14.9. The summed E-state index contributed by atoms with van der Waals surface area (Å²) in [5.41, 5.74) is -0.643. The summed E-state index contributed by atoms with van der Waals surface area (Å²) >= 11 is 0. The Kier molecular flexibility index (Phi) is 4.51. The number of hydrogen-bond donors (Lipinski definition) is 1. The van der Waals surface area contributed by atoms with Crippen LogP contribution in [-0.4, -0.2) is 41.5 Å². The lowest BCUT2D eigenvalue weighted by Gasteiger charge is -2.22. The fraction of sp³-hybridized carbons (Fsp3) is 0.273. The van der Waals surface area contributed by atoms with Crippen molar-refractivity contribution in [3.63, 3.8) is 0 Å². The highest BCUT2D eigenvalue weighted by Crippen LogP contribution is 2.66. The van der Waals surface area contributed by atoms with Gasteiger partial charge in [0, 0.05) is 11.8 Å². The molecule has 4 rings (SSSR count). The van der Waals surface area contributed by atoms with Crippen molar-refractivity contribution in [1.82, 2.24) is 0 Å². The molecule has 2 fully saturated rings. The molecule has 0 amide bonds. The van der Waals surface area contributed by atoms with Crippen molar-refractivity contribution >= 4 is 11.9 Å². The van der Waals surface area contributed by atoms with E-state index < -0.39 is 41.7 Å². The first-order chi connectivity index (χ1) is 13.5. The normalized spacial score (nSPS) is 30.4. The number of aliphatic hydroxyl groups excluding tert-OH is 1. The maximum Gasteiger partial charge on any atom is 0.338 e. The van der Waals surface area contributed by atoms with Gasteiger partial charge in [-0.15, -0.1) is 0 Å². The SMILES string of the molecule is C=C1C(O)C(F)C2(OC(=O)c3ccccc3)[C@H]1[C@@H]2COC(=O)c1ccccc1. The van der Waals surface area contributed by atoms with Crippen LogP contribution < -0.4 is 0 Å². The number of aliphatic hydroxyl groups is 1. The first-order valence-electron chi connectivity index (χ1n) is 8.98. The number of hydrogen-bond acceptors (Lipinski definition) is 5. The number of ether oxygens (including phenoxy) is 2. The highest BCUT2D eigenvalue weighted by molar-refractivity contribution is 5.90. The van der Waals surface area contributed by atoms with Crippen molar-refractivity contribution in [2.24, 2.45) is 11.8 Å². The summed E-state index contributed by atoms with van der Waals surface area (Å²) in [5.74, 6) is -2.41. The Labute approximate surface area is 161 Å². The summed E-state index contributed by atoms with van der Waals surface area (Å²) < 4.78 is 25.8. The van der Waals surface area contributed by atoms with Crippen molar-refractivity contribution in [2.45, 2.75) is 17.9 Å². The molecule has 144 valence electrons. The van der Waals surface area contributed by atoms with Gasteiger partial charge in [-0.25, -0.2) is 14.0 Å². The molecular weight excluding hydrogens is 363 g/mol. The van der Waals surface area contributed by atoms with Crippen LogP contribution in [0.4, 0.5) is 4.39 Å². The number of fused-ring (bicyclic) bond motifs is 1. The van der Waals surface area contributed by atoms with Gasteiger partial charge in [0.25, 0.3) is 0 Å². The molecule has 1 N–H and O–H groups in total. The zero-order valence-electron chi connectivity index (χ0n) is 15.0. The molecule has 0 aromatic heterocycles. The quantitative estimate of drug-likeness (QED) is 0.636. The number of carbonyl (C=O) groups excluding carboxylic acids is 2. The third-order valence-electron chi connectivity index (χ3n) is 5.53. The molecule has 2 aliphatic rings. The minimum Gasteiger partial charge on any atom is -0.462 e. The van der Waals surface area contributed by atoms with Gasteiger partial charge in [0.2, 0.25) is 0 Å². The van der Waals surface area contributed by atoms with Crippen LogP contribution in [-0.2, 0) is 9.47 Å². The van der Waals surface area contributed by atoms with Gasteiger partial charge in [-0.05, 0) is 29.8 Å². The smallest absolute Gasteiger partial charge is 0.338 e. The number of halogens is 1. The van der Waals surface area contributed by atoms with Gasteiger partial charge < -0.3 is 14.6 Å². The number of alkyl halides is 1. The molecule has 28 heavy (non-hydrogen) atoms. The molecule has 3 unspecified atom stereocenters. The molecular formula is C22H19FO5. The van der Waals surface area contributed by atoms with E-state index in [1.165, 1.54) is 0 Å². The van der Waals surface area contributed by atoms with Crippen LogP contribution in [0.1, 0.15) is 20.7 Å². The Morgan fingerprint density at radius 2 is 1.54 bits per heavy atom. The molecule has 5 nitrogen and oxygen atoms in total. The molecule has 0 heterocycles. The predicted molar refractivity (Wildman–Crippen MR) is 98.3 cm³/mol.